The molecule has 0 fully saturated rings. The highest BCUT2D eigenvalue weighted by molar-refractivity contribution is 7.88. The average molecular weight is 358 g/mol. The van der Waals surface area contributed by atoms with Crippen LogP contribution in [0.5, 0.6) is 11.5 Å². The quantitative estimate of drug-likeness (QED) is 0.798. The van der Waals surface area contributed by atoms with Crippen LogP contribution < -0.4 is 14.8 Å². The standard InChI is InChI=1S/C16H26N2O5S/c1-16(2,3)18(24(6,20)21)11-10-17-15(19)14-12(22-4)8-7-9-13(14)23-5/h7-9H,10-11H2,1-6H3,(H,17,19). The summed E-state index contributed by atoms with van der Waals surface area (Å²) in [4.78, 5) is 12.4. The Morgan fingerprint density at radius 1 is 1.17 bits per heavy atom. The van der Waals surface area contributed by atoms with Gasteiger partial charge in [-0.2, -0.15) is 4.31 Å². The SMILES string of the molecule is COc1cccc(OC)c1C(=O)NCCN(C(C)(C)C)S(C)(=O)=O. The first-order chi connectivity index (χ1) is 11.0. The maximum Gasteiger partial charge on any atom is 0.258 e. The lowest BCUT2D eigenvalue weighted by molar-refractivity contribution is 0.0941. The second kappa shape index (κ2) is 7.85. The van der Waals surface area contributed by atoms with Gasteiger partial charge in [0.2, 0.25) is 10.0 Å². The lowest BCUT2D eigenvalue weighted by Gasteiger charge is -2.33. The van der Waals surface area contributed by atoms with Gasteiger partial charge in [0.1, 0.15) is 17.1 Å². The van der Waals surface area contributed by atoms with Gasteiger partial charge in [-0.05, 0) is 32.9 Å². The summed E-state index contributed by atoms with van der Waals surface area (Å²) in [6.45, 7) is 5.76. The zero-order chi connectivity index (χ0) is 18.5. The fourth-order valence-corrected chi connectivity index (χ4v) is 3.85. The molecule has 0 saturated heterocycles. The van der Waals surface area contributed by atoms with Gasteiger partial charge in [0.05, 0.1) is 20.5 Å². The summed E-state index contributed by atoms with van der Waals surface area (Å²) in [5.41, 5.74) is -0.287. The summed E-state index contributed by atoms with van der Waals surface area (Å²) in [6.07, 6.45) is 1.16. The molecule has 0 heterocycles. The summed E-state index contributed by atoms with van der Waals surface area (Å²) >= 11 is 0. The molecule has 1 aromatic carbocycles. The number of carbonyl (C=O) groups is 1. The molecular formula is C16H26N2O5S. The summed E-state index contributed by atoms with van der Waals surface area (Å²) in [6, 6.07) is 5.05. The molecule has 0 aliphatic carbocycles. The molecule has 7 nitrogen and oxygen atoms in total. The van der Waals surface area contributed by atoms with Crippen molar-refractivity contribution in [3.8, 4) is 11.5 Å². The molecule has 1 amide bonds. The van der Waals surface area contributed by atoms with Crippen molar-refractivity contribution < 1.29 is 22.7 Å². The van der Waals surface area contributed by atoms with Gasteiger partial charge in [0.15, 0.2) is 0 Å². The zero-order valence-electron chi connectivity index (χ0n) is 15.0. The van der Waals surface area contributed by atoms with E-state index in [1.54, 1.807) is 39.0 Å². The van der Waals surface area contributed by atoms with E-state index in [-0.39, 0.29) is 24.6 Å². The molecule has 0 radical (unpaired) electrons. The van der Waals surface area contributed by atoms with Crippen molar-refractivity contribution in [3.63, 3.8) is 0 Å². The Morgan fingerprint density at radius 3 is 2.04 bits per heavy atom. The van der Waals surface area contributed by atoms with Gasteiger partial charge in [-0.15, -0.1) is 0 Å². The van der Waals surface area contributed by atoms with E-state index in [1.807, 2.05) is 0 Å². The number of nitrogens with zero attached hydrogens (tertiary/aromatic N) is 1. The molecule has 0 aromatic heterocycles. The third-order valence-electron chi connectivity index (χ3n) is 3.40. The van der Waals surface area contributed by atoms with Gasteiger partial charge in [-0.1, -0.05) is 6.07 Å². The topological polar surface area (TPSA) is 84.9 Å². The number of rotatable bonds is 7. The Hall–Kier alpha value is -1.80. The van der Waals surface area contributed by atoms with Gasteiger partial charge in [0.25, 0.3) is 5.91 Å². The zero-order valence-corrected chi connectivity index (χ0v) is 15.9. The van der Waals surface area contributed by atoms with Crippen LogP contribution in [-0.4, -0.2) is 57.7 Å². The van der Waals surface area contributed by atoms with Crippen LogP contribution >= 0.6 is 0 Å². The molecule has 0 atom stereocenters. The monoisotopic (exact) mass is 358 g/mol. The molecular weight excluding hydrogens is 332 g/mol. The molecule has 0 aliphatic heterocycles. The van der Waals surface area contributed by atoms with Crippen molar-refractivity contribution in [2.24, 2.45) is 0 Å². The van der Waals surface area contributed by atoms with E-state index in [2.05, 4.69) is 5.32 Å². The highest BCUT2D eigenvalue weighted by Gasteiger charge is 2.29. The molecule has 24 heavy (non-hydrogen) atoms. The second-order valence-corrected chi connectivity index (χ2v) is 8.21. The van der Waals surface area contributed by atoms with Crippen LogP contribution in [0.15, 0.2) is 18.2 Å². The maximum atomic E-state index is 12.4. The van der Waals surface area contributed by atoms with Crippen LogP contribution in [0.3, 0.4) is 0 Å². The molecule has 0 aliphatic rings. The molecule has 8 heteroatoms. The van der Waals surface area contributed by atoms with Crippen LogP contribution in [0.1, 0.15) is 31.1 Å². The Bertz CT molecular complexity index is 658. The van der Waals surface area contributed by atoms with Crippen molar-refractivity contribution in [3.05, 3.63) is 23.8 Å². The predicted molar refractivity (Wildman–Crippen MR) is 93.2 cm³/mol. The van der Waals surface area contributed by atoms with Crippen LogP contribution in [0, 0.1) is 0 Å². The van der Waals surface area contributed by atoms with Gasteiger partial charge in [-0.3, -0.25) is 4.79 Å². The van der Waals surface area contributed by atoms with Crippen molar-refractivity contribution in [2.75, 3.05) is 33.6 Å². The lowest BCUT2D eigenvalue weighted by Crippen LogP contribution is -2.48. The van der Waals surface area contributed by atoms with Crippen LogP contribution in [0.25, 0.3) is 0 Å². The first-order valence-electron chi connectivity index (χ1n) is 7.49. The molecule has 0 unspecified atom stereocenters. The number of sulfonamides is 1. The number of carbonyl (C=O) groups excluding carboxylic acids is 1. The number of hydrogen-bond donors (Lipinski definition) is 1. The smallest absolute Gasteiger partial charge is 0.258 e. The van der Waals surface area contributed by atoms with Gasteiger partial charge >= 0.3 is 0 Å². The van der Waals surface area contributed by atoms with E-state index in [1.165, 1.54) is 18.5 Å². The number of nitrogens with one attached hydrogen (secondary N) is 1. The Labute approximate surface area is 144 Å². The van der Waals surface area contributed by atoms with E-state index >= 15 is 0 Å². The Kier molecular flexibility index (Phi) is 6.62. The number of benzene rings is 1. The fourth-order valence-electron chi connectivity index (χ4n) is 2.43. The summed E-state index contributed by atoms with van der Waals surface area (Å²) in [7, 11) is -0.441. The minimum atomic E-state index is -3.38. The van der Waals surface area contributed by atoms with Crippen LogP contribution in [-0.2, 0) is 10.0 Å². The highest BCUT2D eigenvalue weighted by atomic mass is 32.2. The summed E-state index contributed by atoms with van der Waals surface area (Å²) in [5.74, 6) is 0.400. The lowest BCUT2D eigenvalue weighted by atomic mass is 10.1. The number of ether oxygens (including phenoxy) is 2. The van der Waals surface area contributed by atoms with Crippen molar-refractivity contribution >= 4 is 15.9 Å². The second-order valence-electron chi connectivity index (χ2n) is 6.30. The molecule has 1 rings (SSSR count). The average Bonchev–Trinajstić information content (AvgIpc) is 2.47. The molecule has 0 bridgehead atoms. The van der Waals surface area contributed by atoms with Crippen molar-refractivity contribution in [1.29, 1.82) is 0 Å². The third-order valence-corrected chi connectivity index (χ3v) is 4.93. The van der Waals surface area contributed by atoms with Gasteiger partial charge in [-0.25, -0.2) is 8.42 Å². The number of amides is 1. The van der Waals surface area contributed by atoms with Crippen LogP contribution in [0.2, 0.25) is 0 Å². The highest BCUT2D eigenvalue weighted by Crippen LogP contribution is 2.27. The minimum absolute atomic E-state index is 0.171. The van der Waals surface area contributed by atoms with E-state index in [4.69, 9.17) is 9.47 Å². The Balaban J connectivity index is 2.87. The largest absolute Gasteiger partial charge is 0.496 e. The molecule has 0 spiro atoms. The molecule has 1 N–H and O–H groups in total. The summed E-state index contributed by atoms with van der Waals surface area (Å²) < 4.78 is 35.5. The third kappa shape index (κ3) is 5.10. The van der Waals surface area contributed by atoms with E-state index in [0.29, 0.717) is 11.5 Å². The normalized spacial score (nSPS) is 12.1. The first kappa shape index (κ1) is 20.2. The van der Waals surface area contributed by atoms with E-state index < -0.39 is 15.6 Å². The minimum Gasteiger partial charge on any atom is -0.496 e. The number of hydrogen-bond acceptors (Lipinski definition) is 5. The summed E-state index contributed by atoms with van der Waals surface area (Å²) in [5, 5.41) is 2.72. The first-order valence-corrected chi connectivity index (χ1v) is 9.34. The van der Waals surface area contributed by atoms with Crippen molar-refractivity contribution in [1.82, 2.24) is 9.62 Å². The van der Waals surface area contributed by atoms with Crippen molar-refractivity contribution in [2.45, 2.75) is 26.3 Å². The maximum absolute atomic E-state index is 12.4. The van der Waals surface area contributed by atoms with E-state index in [0.717, 1.165) is 6.26 Å². The Morgan fingerprint density at radius 2 is 1.67 bits per heavy atom. The number of methoxy groups -OCH3 is 2. The fraction of sp³-hybridized carbons (Fsp3) is 0.562. The van der Waals surface area contributed by atoms with E-state index in [9.17, 15) is 13.2 Å². The van der Waals surface area contributed by atoms with Crippen LogP contribution in [0.4, 0.5) is 0 Å². The molecule has 0 saturated carbocycles. The predicted octanol–water partition coefficient (Wildman–Crippen LogP) is 1.49. The molecule has 1 aromatic rings. The van der Waals surface area contributed by atoms with Gasteiger partial charge in [0, 0.05) is 18.6 Å². The molecule has 136 valence electrons. The van der Waals surface area contributed by atoms with Gasteiger partial charge < -0.3 is 14.8 Å².